The van der Waals surface area contributed by atoms with Gasteiger partial charge in [-0.1, -0.05) is 58.9 Å². The summed E-state index contributed by atoms with van der Waals surface area (Å²) in [7, 11) is 1.81. The van der Waals surface area contributed by atoms with Gasteiger partial charge in [0.1, 0.15) is 0 Å². The van der Waals surface area contributed by atoms with Crippen molar-refractivity contribution in [2.45, 2.75) is 115 Å². The van der Waals surface area contributed by atoms with Gasteiger partial charge in [0.2, 0.25) is 0 Å². The number of methoxy groups -OCH3 is 1. The molecule has 4 saturated carbocycles. The van der Waals surface area contributed by atoms with E-state index in [1.54, 1.807) is 0 Å². The third kappa shape index (κ3) is 3.96. The van der Waals surface area contributed by atoms with Gasteiger partial charge in [-0.05, 0) is 78.7 Å². The fourth-order valence-corrected chi connectivity index (χ4v) is 10.6. The summed E-state index contributed by atoms with van der Waals surface area (Å²) < 4.78 is 25.3. The topological polar surface area (TPSA) is 57.2 Å². The predicted molar refractivity (Wildman–Crippen MR) is 152 cm³/mol. The Morgan fingerprint density at radius 2 is 1.67 bits per heavy atom. The van der Waals surface area contributed by atoms with Gasteiger partial charge in [0.05, 0.1) is 18.8 Å². The molecule has 5 fully saturated rings. The maximum atomic E-state index is 13.3. The summed E-state index contributed by atoms with van der Waals surface area (Å²) in [6, 6.07) is 8.95. The van der Waals surface area contributed by atoms with Crippen LogP contribution in [-0.4, -0.2) is 43.6 Å². The Morgan fingerprint density at radius 3 is 2.28 bits per heavy atom. The molecule has 0 radical (unpaired) electrons. The molecule has 1 saturated heterocycles. The lowest BCUT2D eigenvalue weighted by atomic mass is 9.40. The van der Waals surface area contributed by atoms with E-state index in [-0.39, 0.29) is 22.2 Å². The van der Waals surface area contributed by atoms with Gasteiger partial charge < -0.3 is 24.1 Å². The molecule has 4 aliphatic carbocycles. The minimum Gasteiger partial charge on any atom is -0.385 e. The van der Waals surface area contributed by atoms with Crippen LogP contribution in [0.4, 0.5) is 0 Å². The third-order valence-electron chi connectivity index (χ3n) is 12.4. The highest BCUT2D eigenvalue weighted by Crippen LogP contribution is 2.73. The molecular weight excluding hydrogens is 488 g/mol. The zero-order chi connectivity index (χ0) is 27.9. The molecule has 6 rings (SSSR count). The monoisotopic (exact) mass is 540 g/mol. The molecule has 8 atom stereocenters. The van der Waals surface area contributed by atoms with E-state index < -0.39 is 17.2 Å². The van der Waals surface area contributed by atoms with Crippen molar-refractivity contribution < 1.29 is 24.1 Å². The van der Waals surface area contributed by atoms with E-state index in [1.165, 1.54) is 12.0 Å². The summed E-state index contributed by atoms with van der Waals surface area (Å²) >= 11 is 0. The van der Waals surface area contributed by atoms with E-state index in [1.807, 2.05) is 7.11 Å². The molecule has 6 unspecified atom stereocenters. The van der Waals surface area contributed by atoms with Gasteiger partial charge in [-0.3, -0.25) is 0 Å². The van der Waals surface area contributed by atoms with Gasteiger partial charge >= 0.3 is 0 Å². The number of hydrogen-bond acceptors (Lipinski definition) is 5. The molecule has 1 spiro atoms. The smallest absolute Gasteiger partial charge is 0.173 e. The normalized spacial score (nSPS) is 45.1. The summed E-state index contributed by atoms with van der Waals surface area (Å²) in [6.07, 6.45) is 7.87. The molecule has 5 nitrogen and oxygen atoms in total. The second-order valence-electron chi connectivity index (χ2n) is 15.1. The van der Waals surface area contributed by atoms with Crippen molar-refractivity contribution in [1.29, 1.82) is 0 Å². The number of ether oxygens (including phenoxy) is 4. The van der Waals surface area contributed by atoms with Crippen LogP contribution >= 0.6 is 0 Å². The molecule has 218 valence electrons. The fraction of sp³-hybridized carbons (Fsp3) is 0.824. The van der Waals surface area contributed by atoms with Crippen molar-refractivity contribution in [2.24, 2.45) is 34.5 Å². The SMILES string of the molecule is CCOC1(OC)CCC2C3CCC4CC5(CCC4(C)[C@H]3[C@](O)(c3ccc(C(C)(C)C)cc3)CC21C)OCCO5. The molecule has 0 aromatic heterocycles. The van der Waals surface area contributed by atoms with Crippen LogP contribution in [0, 0.1) is 34.5 Å². The Balaban J connectivity index is 1.46. The maximum Gasteiger partial charge on any atom is 0.173 e. The van der Waals surface area contributed by atoms with Gasteiger partial charge in [-0.25, -0.2) is 0 Å². The van der Waals surface area contributed by atoms with E-state index in [4.69, 9.17) is 18.9 Å². The van der Waals surface area contributed by atoms with E-state index >= 15 is 0 Å². The number of hydrogen-bond donors (Lipinski definition) is 1. The van der Waals surface area contributed by atoms with Crippen molar-refractivity contribution in [1.82, 2.24) is 0 Å². The zero-order valence-corrected chi connectivity index (χ0v) is 25.5. The summed E-state index contributed by atoms with van der Waals surface area (Å²) in [4.78, 5) is 0. The minimum absolute atomic E-state index is 0.0200. The summed E-state index contributed by atoms with van der Waals surface area (Å²) in [5, 5.41) is 13.3. The highest BCUT2D eigenvalue weighted by molar-refractivity contribution is 5.34. The van der Waals surface area contributed by atoms with Gasteiger partial charge in [-0.2, -0.15) is 0 Å². The Morgan fingerprint density at radius 1 is 0.974 bits per heavy atom. The van der Waals surface area contributed by atoms with Crippen LogP contribution in [0.3, 0.4) is 0 Å². The van der Waals surface area contributed by atoms with Gasteiger partial charge in [0, 0.05) is 44.3 Å². The van der Waals surface area contributed by atoms with Crippen LogP contribution in [0.5, 0.6) is 0 Å². The van der Waals surface area contributed by atoms with Crippen LogP contribution in [0.15, 0.2) is 24.3 Å². The molecule has 1 N–H and O–H groups in total. The van der Waals surface area contributed by atoms with E-state index in [0.29, 0.717) is 44.0 Å². The first kappa shape index (κ1) is 28.2. The first-order valence-electron chi connectivity index (χ1n) is 15.7. The third-order valence-corrected chi connectivity index (χ3v) is 12.4. The quantitative estimate of drug-likeness (QED) is 0.419. The van der Waals surface area contributed by atoms with Gasteiger partial charge in [0.25, 0.3) is 0 Å². The maximum absolute atomic E-state index is 13.3. The summed E-state index contributed by atoms with van der Waals surface area (Å²) in [5.41, 5.74) is 1.22. The lowest BCUT2D eigenvalue weighted by Crippen LogP contribution is -2.66. The molecule has 0 amide bonds. The molecule has 5 heteroatoms. The second kappa shape index (κ2) is 9.26. The molecule has 1 aromatic carbocycles. The number of aliphatic hydroxyl groups is 1. The highest BCUT2D eigenvalue weighted by atomic mass is 16.7. The standard InChI is InChI=1S/C34H52O5/c1-8-37-34(36-7)16-15-27-26-14-13-25-21-32(38-19-20-39-32)18-17-30(25,5)28(26)33(35,22-31(27,34)6)24-11-9-23(10-12-24)29(2,3)4/h9-12,25-28,35H,8,13-22H2,1-7H3/t25?,26?,27?,28-,30?,31?,33+,34?/m0/s1. The Hall–Kier alpha value is -0.980. The molecule has 5 aliphatic rings. The largest absolute Gasteiger partial charge is 0.385 e. The molecule has 39 heavy (non-hydrogen) atoms. The Kier molecular flexibility index (Phi) is 6.68. The molecule has 1 aliphatic heterocycles. The van der Waals surface area contributed by atoms with Crippen LogP contribution in [-0.2, 0) is 30.0 Å². The lowest BCUT2D eigenvalue weighted by Gasteiger charge is -2.67. The fourth-order valence-electron chi connectivity index (χ4n) is 10.6. The van der Waals surface area contributed by atoms with Crippen LogP contribution in [0.2, 0.25) is 0 Å². The van der Waals surface area contributed by atoms with Crippen LogP contribution in [0.25, 0.3) is 0 Å². The number of fused-ring (bicyclic) bond motifs is 5. The van der Waals surface area contributed by atoms with Crippen molar-refractivity contribution >= 4 is 0 Å². The van der Waals surface area contributed by atoms with E-state index in [2.05, 4.69) is 65.8 Å². The van der Waals surface area contributed by atoms with E-state index in [9.17, 15) is 5.11 Å². The summed E-state index contributed by atoms with van der Waals surface area (Å²) in [6.45, 7) is 15.7. The molecule has 1 heterocycles. The van der Waals surface area contributed by atoms with Crippen molar-refractivity contribution in [3.63, 3.8) is 0 Å². The Bertz CT molecular complexity index is 1060. The van der Waals surface area contributed by atoms with Crippen LogP contribution < -0.4 is 0 Å². The average molecular weight is 541 g/mol. The highest BCUT2D eigenvalue weighted by Gasteiger charge is 2.72. The van der Waals surface area contributed by atoms with E-state index in [0.717, 1.165) is 44.1 Å². The Labute approximate surface area is 236 Å². The lowest BCUT2D eigenvalue weighted by molar-refractivity contribution is -0.322. The number of rotatable bonds is 4. The van der Waals surface area contributed by atoms with Crippen molar-refractivity contribution in [2.75, 3.05) is 26.9 Å². The minimum atomic E-state index is -0.965. The first-order valence-corrected chi connectivity index (χ1v) is 15.7. The van der Waals surface area contributed by atoms with Crippen molar-refractivity contribution in [3.8, 4) is 0 Å². The zero-order valence-electron chi connectivity index (χ0n) is 25.5. The predicted octanol–water partition coefficient (Wildman–Crippen LogP) is 6.95. The molecule has 1 aromatic rings. The van der Waals surface area contributed by atoms with Gasteiger partial charge in [-0.15, -0.1) is 0 Å². The second-order valence-corrected chi connectivity index (χ2v) is 15.1. The van der Waals surface area contributed by atoms with Gasteiger partial charge in [0.15, 0.2) is 11.6 Å². The van der Waals surface area contributed by atoms with Crippen molar-refractivity contribution in [3.05, 3.63) is 35.4 Å². The first-order chi connectivity index (χ1) is 18.4. The van der Waals surface area contributed by atoms with Crippen LogP contribution in [0.1, 0.15) is 104 Å². The molecular formula is C34H52O5. The number of benzene rings is 1. The average Bonchev–Trinajstić information content (AvgIpc) is 3.46. The molecule has 0 bridgehead atoms. The summed E-state index contributed by atoms with van der Waals surface area (Å²) in [5.74, 6) is 0.493.